The fourth-order valence-electron chi connectivity index (χ4n) is 7.76. The van der Waals surface area contributed by atoms with E-state index in [9.17, 15) is 38.7 Å². The second-order valence-electron chi connectivity index (χ2n) is 16.6. The molecule has 0 aromatic heterocycles. The smallest absolute Gasteiger partial charge is 0.305 e. The average molecular weight is 795 g/mol. The van der Waals surface area contributed by atoms with Gasteiger partial charge in [-0.3, -0.25) is 33.6 Å². The molecule has 1 aliphatic carbocycles. The van der Waals surface area contributed by atoms with E-state index in [1.54, 1.807) is 0 Å². The number of aliphatic carboxylic acids is 2. The minimum Gasteiger partial charge on any atom is -0.481 e. The zero-order chi connectivity index (χ0) is 41.8. The van der Waals surface area contributed by atoms with Gasteiger partial charge < -0.3 is 53.6 Å². The molecule has 17 heteroatoms. The maximum absolute atomic E-state index is 13.7. The van der Waals surface area contributed by atoms with Crippen LogP contribution in [0.2, 0.25) is 0 Å². The third-order valence-corrected chi connectivity index (χ3v) is 10.4. The summed E-state index contributed by atoms with van der Waals surface area (Å²) in [5, 5.41) is 36.2. The van der Waals surface area contributed by atoms with Gasteiger partial charge in [0.05, 0.1) is 18.3 Å². The first kappa shape index (κ1) is 48.3. The normalized spacial score (nSPS) is 21.9. The van der Waals surface area contributed by atoms with Gasteiger partial charge in [0.25, 0.3) is 0 Å². The number of carboxylic acids is 2. The number of nitrogens with two attached hydrogens (primary N) is 2. The third kappa shape index (κ3) is 19.4. The van der Waals surface area contributed by atoms with Crippen molar-refractivity contribution in [1.29, 1.82) is 0 Å². The lowest BCUT2D eigenvalue weighted by Gasteiger charge is -2.33. The van der Waals surface area contributed by atoms with E-state index < -0.39 is 60.4 Å². The number of nitrogens with one attached hydrogen (secondary N) is 6. The Bertz CT molecular complexity index is 1300. The van der Waals surface area contributed by atoms with Gasteiger partial charge in [0.1, 0.15) is 0 Å². The fourth-order valence-corrected chi connectivity index (χ4v) is 7.76. The number of piperidine rings is 1. The van der Waals surface area contributed by atoms with Gasteiger partial charge in [0.15, 0.2) is 0 Å². The van der Waals surface area contributed by atoms with Gasteiger partial charge in [0, 0.05) is 68.5 Å². The molecule has 56 heavy (non-hydrogen) atoms. The summed E-state index contributed by atoms with van der Waals surface area (Å²) in [7, 11) is 0. The van der Waals surface area contributed by atoms with Crippen LogP contribution in [0.15, 0.2) is 0 Å². The van der Waals surface area contributed by atoms with Crippen molar-refractivity contribution in [2.24, 2.45) is 35.1 Å². The Morgan fingerprint density at radius 2 is 1.20 bits per heavy atom. The van der Waals surface area contributed by atoms with Crippen molar-refractivity contribution in [3.05, 3.63) is 0 Å². The lowest BCUT2D eigenvalue weighted by molar-refractivity contribution is -0.140. The topological polar surface area (TPSA) is 284 Å². The van der Waals surface area contributed by atoms with Gasteiger partial charge >= 0.3 is 11.9 Å². The molecule has 0 unspecified atom stereocenters. The zero-order valence-corrected chi connectivity index (χ0v) is 33.9. The number of amides is 5. The lowest BCUT2D eigenvalue weighted by atomic mass is 9.83. The molecule has 2 fully saturated rings. The van der Waals surface area contributed by atoms with Gasteiger partial charge in [-0.25, -0.2) is 0 Å². The van der Waals surface area contributed by atoms with Gasteiger partial charge in [-0.05, 0) is 76.3 Å². The molecular formula is C39H70N8O9. The van der Waals surface area contributed by atoms with Crippen LogP contribution in [0.3, 0.4) is 0 Å². The van der Waals surface area contributed by atoms with E-state index in [0.717, 1.165) is 19.4 Å². The minimum absolute atomic E-state index is 0.0179. The summed E-state index contributed by atoms with van der Waals surface area (Å²) in [6, 6.07) is -3.07. The van der Waals surface area contributed by atoms with E-state index in [4.69, 9.17) is 16.6 Å². The minimum atomic E-state index is -1.17. The molecule has 0 bridgehead atoms. The molecule has 12 N–H and O–H groups in total. The highest BCUT2D eigenvalue weighted by Crippen LogP contribution is 2.26. The lowest BCUT2D eigenvalue weighted by Crippen LogP contribution is -2.54. The second-order valence-corrected chi connectivity index (χ2v) is 16.6. The quantitative estimate of drug-likeness (QED) is 0.0617. The monoisotopic (exact) mass is 795 g/mol. The summed E-state index contributed by atoms with van der Waals surface area (Å²) >= 11 is 0. The summed E-state index contributed by atoms with van der Waals surface area (Å²) in [5.41, 5.74) is 12.0. The second kappa shape index (κ2) is 25.4. The summed E-state index contributed by atoms with van der Waals surface area (Å²) in [4.78, 5) is 89.1. The summed E-state index contributed by atoms with van der Waals surface area (Å²) < 4.78 is 0. The maximum atomic E-state index is 13.7. The first-order valence-electron chi connectivity index (χ1n) is 20.6. The largest absolute Gasteiger partial charge is 0.481 e. The van der Waals surface area contributed by atoms with Gasteiger partial charge in [-0.2, -0.15) is 0 Å². The van der Waals surface area contributed by atoms with E-state index in [1.165, 1.54) is 0 Å². The van der Waals surface area contributed by atoms with Crippen LogP contribution in [0.4, 0.5) is 0 Å². The van der Waals surface area contributed by atoms with Crippen LogP contribution in [0.25, 0.3) is 0 Å². The van der Waals surface area contributed by atoms with Crippen LogP contribution in [0, 0.1) is 23.7 Å². The van der Waals surface area contributed by atoms with Crippen LogP contribution in [0.1, 0.15) is 124 Å². The van der Waals surface area contributed by atoms with E-state index >= 15 is 0 Å². The zero-order valence-electron chi connectivity index (χ0n) is 33.9. The number of hydrogen-bond acceptors (Lipinski definition) is 10. The third-order valence-electron chi connectivity index (χ3n) is 10.4. The Morgan fingerprint density at radius 1 is 0.661 bits per heavy atom. The van der Waals surface area contributed by atoms with Crippen molar-refractivity contribution in [2.45, 2.75) is 160 Å². The molecular weight excluding hydrogens is 724 g/mol. The first-order chi connectivity index (χ1) is 26.5. The highest BCUT2D eigenvalue weighted by atomic mass is 16.4. The molecule has 1 saturated carbocycles. The van der Waals surface area contributed by atoms with Gasteiger partial charge in [0.2, 0.25) is 29.5 Å². The highest BCUT2D eigenvalue weighted by molar-refractivity contribution is 5.85. The molecule has 8 atom stereocenters. The van der Waals surface area contributed by atoms with E-state index in [1.807, 2.05) is 27.7 Å². The van der Waals surface area contributed by atoms with Crippen molar-refractivity contribution in [2.75, 3.05) is 19.6 Å². The molecule has 320 valence electrons. The summed E-state index contributed by atoms with van der Waals surface area (Å²) in [5.74, 6) is -4.43. The standard InChI is InChI=1S/C39H70N8O9/c1-23(2)16-27(19-34(49)44-26(21-37(53)54)11-12-36(51)52)45-38(55)29-9-5-6-10-32(29)47-35(50)18-25(8-7-14-40)43-33(48)20-28(17-24(3)4)46-39(56)30-22-42-15-13-31(30)41/h23-32,42H,5-22,40-41H2,1-4H3,(H,43,48)(H,44,49)(H,45,55)(H,46,56)(H,47,50)(H,51,52)(H,53,54)/t25-,26-,27-,28-,29+,30+,31+,32+/m0/s1. The Balaban J connectivity index is 2.05. The number of hydrogen-bond donors (Lipinski definition) is 10. The van der Waals surface area contributed by atoms with E-state index in [-0.39, 0.29) is 79.5 Å². The Kier molecular flexibility index (Phi) is 21.9. The van der Waals surface area contributed by atoms with Gasteiger partial charge in [-0.1, -0.05) is 40.5 Å². The molecule has 17 nitrogen and oxygen atoms in total. The van der Waals surface area contributed by atoms with Crippen molar-refractivity contribution in [3.8, 4) is 0 Å². The molecule has 0 aromatic carbocycles. The highest BCUT2D eigenvalue weighted by Gasteiger charge is 2.35. The number of carbonyl (C=O) groups excluding carboxylic acids is 5. The predicted octanol–water partition coefficient (Wildman–Crippen LogP) is 0.878. The fraction of sp³-hybridized carbons (Fsp3) is 0.821. The summed E-state index contributed by atoms with van der Waals surface area (Å²) in [6.07, 6.45) is 4.65. The molecule has 0 radical (unpaired) electrons. The van der Waals surface area contributed by atoms with Crippen LogP contribution in [-0.2, 0) is 33.6 Å². The van der Waals surface area contributed by atoms with E-state index in [0.29, 0.717) is 58.0 Å². The maximum Gasteiger partial charge on any atom is 0.305 e. The molecule has 1 heterocycles. The van der Waals surface area contributed by atoms with Crippen molar-refractivity contribution < 1.29 is 43.8 Å². The van der Waals surface area contributed by atoms with Crippen LogP contribution in [0.5, 0.6) is 0 Å². The Hall–Kier alpha value is -3.83. The van der Waals surface area contributed by atoms with Gasteiger partial charge in [-0.15, -0.1) is 0 Å². The van der Waals surface area contributed by atoms with Crippen molar-refractivity contribution in [3.63, 3.8) is 0 Å². The molecule has 0 spiro atoms. The van der Waals surface area contributed by atoms with Crippen molar-refractivity contribution in [1.82, 2.24) is 31.9 Å². The molecule has 2 aliphatic rings. The van der Waals surface area contributed by atoms with E-state index in [2.05, 4.69) is 31.9 Å². The molecule has 1 aliphatic heterocycles. The molecule has 5 amide bonds. The molecule has 1 saturated heterocycles. The first-order valence-corrected chi connectivity index (χ1v) is 20.6. The summed E-state index contributed by atoms with van der Waals surface area (Å²) in [6.45, 7) is 9.55. The molecule has 2 rings (SSSR count). The van der Waals surface area contributed by atoms with Crippen molar-refractivity contribution >= 4 is 41.5 Å². The molecule has 0 aromatic rings. The number of rotatable bonds is 25. The average Bonchev–Trinajstić information content (AvgIpc) is 3.08. The SMILES string of the molecule is CC(C)C[C@@H](CC(=O)N[C@@H](CCCN)CC(=O)N[C@@H]1CCCC[C@H]1C(=O)N[C@H](CC(=O)N[C@@H](CCC(=O)O)CC(=O)O)CC(C)C)NC(=O)[C@@H]1CNCC[C@H]1N. The van der Waals surface area contributed by atoms with Crippen LogP contribution >= 0.6 is 0 Å². The number of carbonyl (C=O) groups is 7. The Labute approximate surface area is 331 Å². The number of carboxylic acid groups (broad SMARTS) is 2. The van der Waals surface area contributed by atoms with Crippen LogP contribution < -0.4 is 43.4 Å². The predicted molar refractivity (Wildman–Crippen MR) is 211 cm³/mol. The Morgan fingerprint density at radius 3 is 1.71 bits per heavy atom. The van der Waals surface area contributed by atoms with Crippen LogP contribution in [-0.4, -0.2) is 108 Å².